The average molecular weight is 349 g/mol. The first-order valence-corrected chi connectivity index (χ1v) is 7.35. The lowest BCUT2D eigenvalue weighted by Crippen LogP contribution is -2.39. The van der Waals surface area contributed by atoms with E-state index in [1.807, 2.05) is 19.2 Å². The van der Waals surface area contributed by atoms with Crippen molar-refractivity contribution in [2.45, 2.75) is 19.3 Å². The van der Waals surface area contributed by atoms with Crippen LogP contribution in [-0.4, -0.2) is 49.0 Å². The van der Waals surface area contributed by atoms with E-state index in [2.05, 4.69) is 20.5 Å². The lowest BCUT2D eigenvalue weighted by Gasteiger charge is -2.31. The molecule has 2 rings (SSSR count). The number of nitrogens with zero attached hydrogens (tertiary/aromatic N) is 2. The molecule has 0 aliphatic carbocycles. The van der Waals surface area contributed by atoms with Gasteiger partial charge in [0.05, 0.1) is 6.54 Å². The van der Waals surface area contributed by atoms with E-state index in [1.54, 1.807) is 12.4 Å². The molecule has 0 aromatic carbocycles. The molecule has 0 spiro atoms. The van der Waals surface area contributed by atoms with Gasteiger partial charge in [0.2, 0.25) is 5.91 Å². The van der Waals surface area contributed by atoms with Crippen LogP contribution >= 0.6 is 24.8 Å². The first-order chi connectivity index (χ1) is 9.78. The number of hydrogen-bond donors (Lipinski definition) is 2. The van der Waals surface area contributed by atoms with E-state index >= 15 is 0 Å². The Hall–Kier alpha value is -0.880. The van der Waals surface area contributed by atoms with E-state index in [1.165, 1.54) is 19.3 Å². The van der Waals surface area contributed by atoms with E-state index < -0.39 is 0 Å². The average Bonchev–Trinajstić information content (AvgIpc) is 2.47. The van der Waals surface area contributed by atoms with Crippen LogP contribution in [0.5, 0.6) is 0 Å². The highest BCUT2D eigenvalue weighted by atomic mass is 35.5. The van der Waals surface area contributed by atoms with Gasteiger partial charge in [-0.1, -0.05) is 0 Å². The summed E-state index contributed by atoms with van der Waals surface area (Å²) in [6.45, 7) is 3.63. The molecule has 1 amide bonds. The Kier molecular flexibility index (Phi) is 11.2. The standard InChI is InChI=1S/C15H24N4O.2ClH/c1-16-7-2-13-5-10-19(11-6-13)12-15(20)18-14-3-8-17-9-4-14;;/h3-4,8-9,13,16H,2,5-7,10-12H2,1H3,(H,17,18,20);2*1H. The van der Waals surface area contributed by atoms with Crippen LogP contribution in [0.25, 0.3) is 0 Å². The van der Waals surface area contributed by atoms with Gasteiger partial charge in [-0.2, -0.15) is 0 Å². The number of aromatic nitrogens is 1. The molecule has 0 atom stereocenters. The summed E-state index contributed by atoms with van der Waals surface area (Å²) in [6.07, 6.45) is 7.01. The van der Waals surface area contributed by atoms with Crippen LogP contribution < -0.4 is 10.6 Å². The number of likely N-dealkylation sites (tertiary alicyclic amines) is 1. The van der Waals surface area contributed by atoms with Crippen LogP contribution in [0, 0.1) is 5.92 Å². The molecule has 5 nitrogen and oxygen atoms in total. The maximum absolute atomic E-state index is 12.0. The van der Waals surface area contributed by atoms with Crippen LogP contribution in [0.1, 0.15) is 19.3 Å². The lowest BCUT2D eigenvalue weighted by atomic mass is 9.93. The number of hydrogen-bond acceptors (Lipinski definition) is 4. The SMILES string of the molecule is CNCCC1CCN(CC(=O)Nc2ccncc2)CC1.Cl.Cl. The quantitative estimate of drug-likeness (QED) is 0.827. The van der Waals surface area contributed by atoms with Crippen LogP contribution in [0.2, 0.25) is 0 Å². The largest absolute Gasteiger partial charge is 0.325 e. The number of carbonyl (C=O) groups excluding carboxylic acids is 1. The van der Waals surface area contributed by atoms with Crippen molar-refractivity contribution in [2.24, 2.45) is 5.92 Å². The van der Waals surface area contributed by atoms with Gasteiger partial charge in [0, 0.05) is 18.1 Å². The molecule has 1 saturated heterocycles. The highest BCUT2D eigenvalue weighted by Gasteiger charge is 2.20. The summed E-state index contributed by atoms with van der Waals surface area (Å²) >= 11 is 0. The molecule has 1 aromatic rings. The summed E-state index contributed by atoms with van der Waals surface area (Å²) in [5.74, 6) is 0.867. The van der Waals surface area contributed by atoms with Gasteiger partial charge in [0.15, 0.2) is 0 Å². The number of carbonyl (C=O) groups is 1. The highest BCUT2D eigenvalue weighted by molar-refractivity contribution is 5.92. The molecule has 1 aromatic heterocycles. The van der Waals surface area contributed by atoms with E-state index in [0.29, 0.717) is 6.54 Å². The van der Waals surface area contributed by atoms with Crippen LogP contribution in [0.4, 0.5) is 5.69 Å². The Morgan fingerprint density at radius 2 is 1.91 bits per heavy atom. The van der Waals surface area contributed by atoms with Crippen molar-refractivity contribution < 1.29 is 4.79 Å². The predicted molar refractivity (Wildman–Crippen MR) is 95.1 cm³/mol. The minimum atomic E-state index is 0. The molecular formula is C15H26Cl2N4O. The van der Waals surface area contributed by atoms with Crippen molar-refractivity contribution in [3.8, 4) is 0 Å². The molecule has 1 fully saturated rings. The zero-order chi connectivity index (χ0) is 14.2. The normalized spacial score (nSPS) is 15.5. The fraction of sp³-hybridized carbons (Fsp3) is 0.600. The number of amides is 1. The molecule has 0 radical (unpaired) electrons. The molecule has 22 heavy (non-hydrogen) atoms. The molecule has 1 aliphatic rings. The maximum Gasteiger partial charge on any atom is 0.238 e. The lowest BCUT2D eigenvalue weighted by molar-refractivity contribution is -0.117. The molecule has 7 heteroatoms. The summed E-state index contributed by atoms with van der Waals surface area (Å²) in [5, 5.41) is 6.11. The number of rotatable bonds is 6. The number of piperidine rings is 1. The number of pyridine rings is 1. The molecular weight excluding hydrogens is 323 g/mol. The molecule has 0 saturated carbocycles. The summed E-state index contributed by atoms with van der Waals surface area (Å²) in [5.41, 5.74) is 0.814. The highest BCUT2D eigenvalue weighted by Crippen LogP contribution is 2.19. The van der Waals surface area contributed by atoms with Gasteiger partial charge in [-0.25, -0.2) is 0 Å². The first kappa shape index (κ1) is 21.1. The Labute approximate surface area is 145 Å². The third kappa shape index (κ3) is 7.40. The van der Waals surface area contributed by atoms with Gasteiger partial charge in [0.1, 0.15) is 0 Å². The van der Waals surface area contributed by atoms with Gasteiger partial charge < -0.3 is 10.6 Å². The Bertz CT molecular complexity index is 411. The van der Waals surface area contributed by atoms with E-state index in [9.17, 15) is 4.79 Å². The maximum atomic E-state index is 12.0. The van der Waals surface area contributed by atoms with Crippen LogP contribution in [0.3, 0.4) is 0 Å². The van der Waals surface area contributed by atoms with Crippen molar-refractivity contribution in [1.29, 1.82) is 0 Å². The summed E-state index contributed by atoms with van der Waals surface area (Å²) in [4.78, 5) is 18.1. The minimum Gasteiger partial charge on any atom is -0.325 e. The molecule has 0 unspecified atom stereocenters. The molecule has 126 valence electrons. The molecule has 2 heterocycles. The zero-order valence-electron chi connectivity index (χ0n) is 13.0. The van der Waals surface area contributed by atoms with Gasteiger partial charge in [0.25, 0.3) is 0 Å². The van der Waals surface area contributed by atoms with Gasteiger partial charge in [-0.05, 0) is 64.0 Å². The van der Waals surface area contributed by atoms with Gasteiger partial charge in [-0.15, -0.1) is 24.8 Å². The third-order valence-electron chi connectivity index (χ3n) is 3.84. The Balaban J connectivity index is 0.00000220. The second-order valence-electron chi connectivity index (χ2n) is 5.40. The zero-order valence-corrected chi connectivity index (χ0v) is 14.6. The first-order valence-electron chi connectivity index (χ1n) is 7.35. The molecule has 2 N–H and O–H groups in total. The fourth-order valence-electron chi connectivity index (χ4n) is 2.62. The van der Waals surface area contributed by atoms with E-state index in [4.69, 9.17) is 0 Å². The second-order valence-corrected chi connectivity index (χ2v) is 5.40. The second kappa shape index (κ2) is 11.7. The topological polar surface area (TPSA) is 57.3 Å². The van der Waals surface area contributed by atoms with Crippen molar-refractivity contribution in [3.05, 3.63) is 24.5 Å². The number of nitrogens with one attached hydrogen (secondary N) is 2. The van der Waals surface area contributed by atoms with Crippen molar-refractivity contribution in [1.82, 2.24) is 15.2 Å². The van der Waals surface area contributed by atoms with Crippen LogP contribution in [-0.2, 0) is 4.79 Å². The fourth-order valence-corrected chi connectivity index (χ4v) is 2.62. The van der Waals surface area contributed by atoms with Gasteiger partial charge >= 0.3 is 0 Å². The third-order valence-corrected chi connectivity index (χ3v) is 3.84. The molecule has 0 bridgehead atoms. The molecule has 1 aliphatic heterocycles. The summed E-state index contributed by atoms with van der Waals surface area (Å²) in [6, 6.07) is 3.61. The Morgan fingerprint density at radius 1 is 1.27 bits per heavy atom. The summed E-state index contributed by atoms with van der Waals surface area (Å²) in [7, 11) is 2.00. The van der Waals surface area contributed by atoms with Crippen LogP contribution in [0.15, 0.2) is 24.5 Å². The van der Waals surface area contributed by atoms with Crippen molar-refractivity contribution in [3.63, 3.8) is 0 Å². The predicted octanol–water partition coefficient (Wildman–Crippen LogP) is 2.19. The van der Waals surface area contributed by atoms with Crippen molar-refractivity contribution >= 4 is 36.4 Å². The summed E-state index contributed by atoms with van der Waals surface area (Å²) < 4.78 is 0. The van der Waals surface area contributed by atoms with E-state index in [0.717, 1.165) is 31.2 Å². The van der Waals surface area contributed by atoms with Gasteiger partial charge in [-0.3, -0.25) is 14.7 Å². The van der Waals surface area contributed by atoms with E-state index in [-0.39, 0.29) is 30.7 Å². The smallest absolute Gasteiger partial charge is 0.238 e. The van der Waals surface area contributed by atoms with Crippen molar-refractivity contribution in [2.75, 3.05) is 38.5 Å². The Morgan fingerprint density at radius 3 is 2.50 bits per heavy atom. The minimum absolute atomic E-state index is 0. The monoisotopic (exact) mass is 348 g/mol. The number of anilines is 1. The number of halogens is 2.